The third-order valence-corrected chi connectivity index (χ3v) is 6.09. The second-order valence-corrected chi connectivity index (χ2v) is 8.50. The summed E-state index contributed by atoms with van der Waals surface area (Å²) < 4.78 is 6.02. The topological polar surface area (TPSA) is 32.7 Å². The summed E-state index contributed by atoms with van der Waals surface area (Å²) in [4.78, 5) is 2.13. The molecule has 5 rings (SSSR count). The highest BCUT2D eigenvalue weighted by Crippen LogP contribution is 2.30. The number of aliphatic hydroxyl groups excluding tert-OH is 1. The van der Waals surface area contributed by atoms with Crippen LogP contribution < -0.4 is 4.74 Å². The van der Waals surface area contributed by atoms with E-state index >= 15 is 0 Å². The van der Waals surface area contributed by atoms with Crippen LogP contribution in [0.25, 0.3) is 22.3 Å². The Hall–Kier alpha value is -3.40. The van der Waals surface area contributed by atoms with E-state index in [1.165, 1.54) is 27.8 Å². The van der Waals surface area contributed by atoms with E-state index < -0.39 is 6.10 Å². The molecule has 3 nitrogen and oxygen atoms in total. The lowest BCUT2D eigenvalue weighted by molar-refractivity contribution is 0.107. The Bertz CT molecular complexity index is 1180. The number of fused-ring (bicyclic) bond motifs is 1. The molecular formula is C29H27NO2. The molecule has 0 saturated heterocycles. The Morgan fingerprint density at radius 2 is 1.38 bits per heavy atom. The van der Waals surface area contributed by atoms with Crippen molar-refractivity contribution in [2.45, 2.75) is 19.3 Å². The largest absolute Gasteiger partial charge is 0.489 e. The predicted molar refractivity (Wildman–Crippen MR) is 129 cm³/mol. The maximum absolute atomic E-state index is 10.4. The minimum Gasteiger partial charge on any atom is -0.489 e. The molecule has 1 atom stereocenters. The second-order valence-electron chi connectivity index (χ2n) is 8.50. The number of rotatable bonds is 5. The van der Waals surface area contributed by atoms with Crippen LogP contribution in [0.5, 0.6) is 5.75 Å². The molecule has 1 aliphatic rings. The van der Waals surface area contributed by atoms with Crippen molar-refractivity contribution in [1.29, 1.82) is 0 Å². The molecule has 0 fully saturated rings. The summed E-state index contributed by atoms with van der Waals surface area (Å²) in [5.41, 5.74) is 8.11. The molecule has 0 unspecified atom stereocenters. The van der Waals surface area contributed by atoms with Gasteiger partial charge < -0.3 is 9.84 Å². The van der Waals surface area contributed by atoms with E-state index in [-0.39, 0.29) is 0 Å². The van der Waals surface area contributed by atoms with Gasteiger partial charge in [0.2, 0.25) is 0 Å². The quantitative estimate of drug-likeness (QED) is 0.424. The summed E-state index contributed by atoms with van der Waals surface area (Å²) in [6, 6.07) is 33.7. The number of likely N-dealkylation sites (N-methyl/N-ethyl adjacent to an activating group) is 1. The maximum Gasteiger partial charge on any atom is 0.120 e. The number of ether oxygens (including phenoxy) is 1. The fourth-order valence-electron chi connectivity index (χ4n) is 4.31. The Kier molecular flexibility index (Phi) is 5.76. The summed E-state index contributed by atoms with van der Waals surface area (Å²) in [6.07, 6.45) is -0.458. The highest BCUT2D eigenvalue weighted by molar-refractivity contribution is 5.70. The lowest BCUT2D eigenvalue weighted by Gasteiger charge is -2.29. The van der Waals surface area contributed by atoms with Gasteiger partial charge in [-0.3, -0.25) is 4.90 Å². The zero-order chi connectivity index (χ0) is 21.9. The van der Waals surface area contributed by atoms with Gasteiger partial charge in [-0.15, -0.1) is 0 Å². The van der Waals surface area contributed by atoms with Gasteiger partial charge in [0.15, 0.2) is 0 Å². The van der Waals surface area contributed by atoms with Gasteiger partial charge in [0.25, 0.3) is 0 Å². The number of nitrogens with zero attached hydrogens (tertiary/aromatic N) is 1. The fourth-order valence-corrected chi connectivity index (χ4v) is 4.31. The first-order chi connectivity index (χ1) is 15.7. The molecular weight excluding hydrogens is 394 g/mol. The lowest BCUT2D eigenvalue weighted by atomic mass is 9.97. The molecule has 0 aliphatic carbocycles. The van der Waals surface area contributed by atoms with E-state index in [9.17, 15) is 5.11 Å². The van der Waals surface area contributed by atoms with Crippen LogP contribution in [0.4, 0.5) is 0 Å². The Balaban J connectivity index is 1.24. The molecule has 0 amide bonds. The van der Waals surface area contributed by atoms with Gasteiger partial charge in [-0.05, 0) is 58.1 Å². The summed E-state index contributed by atoms with van der Waals surface area (Å²) in [7, 11) is 2.03. The van der Waals surface area contributed by atoms with Crippen molar-refractivity contribution in [3.05, 3.63) is 114 Å². The van der Waals surface area contributed by atoms with Gasteiger partial charge >= 0.3 is 0 Å². The average molecular weight is 422 g/mol. The molecule has 160 valence electrons. The average Bonchev–Trinajstić information content (AvgIpc) is 2.84. The molecule has 1 N–H and O–H groups in total. The van der Waals surface area contributed by atoms with E-state index in [2.05, 4.69) is 83.8 Å². The Labute approximate surface area is 189 Å². The SMILES string of the molecule is CN1Cc2ccc(OCc3ccc(-c4ccc(-c5ccccc5)cc4)cc3)cc2[C@@H](O)C1. The van der Waals surface area contributed by atoms with Gasteiger partial charge in [0, 0.05) is 13.1 Å². The molecule has 1 aliphatic heterocycles. The number of hydrogen-bond donors (Lipinski definition) is 1. The summed E-state index contributed by atoms with van der Waals surface area (Å²) in [5.74, 6) is 0.799. The van der Waals surface area contributed by atoms with E-state index in [1.807, 2.05) is 25.2 Å². The smallest absolute Gasteiger partial charge is 0.120 e. The lowest BCUT2D eigenvalue weighted by Crippen LogP contribution is -2.30. The van der Waals surface area contributed by atoms with Crippen LogP contribution in [0.2, 0.25) is 0 Å². The first-order valence-electron chi connectivity index (χ1n) is 11.0. The fraction of sp³-hybridized carbons (Fsp3) is 0.172. The minimum atomic E-state index is -0.458. The van der Waals surface area contributed by atoms with Crippen molar-refractivity contribution in [2.75, 3.05) is 13.6 Å². The summed E-state index contributed by atoms with van der Waals surface area (Å²) >= 11 is 0. The highest BCUT2D eigenvalue weighted by atomic mass is 16.5. The predicted octanol–water partition coefficient (Wildman–Crippen LogP) is 6.08. The Morgan fingerprint density at radius 1 is 0.781 bits per heavy atom. The molecule has 1 heterocycles. The van der Waals surface area contributed by atoms with Gasteiger partial charge in [-0.2, -0.15) is 0 Å². The molecule has 0 radical (unpaired) electrons. The van der Waals surface area contributed by atoms with Crippen LogP contribution >= 0.6 is 0 Å². The standard InChI is InChI=1S/C29H27NO2/c1-30-18-26-15-16-27(17-28(26)29(31)19-30)32-20-21-7-9-23(10-8-21)25-13-11-24(12-14-25)22-5-3-2-4-6-22/h2-17,29,31H,18-20H2,1H3/t29-/m0/s1. The molecule has 0 saturated carbocycles. The van der Waals surface area contributed by atoms with Gasteiger partial charge in [-0.25, -0.2) is 0 Å². The number of hydrogen-bond acceptors (Lipinski definition) is 3. The summed E-state index contributed by atoms with van der Waals surface area (Å²) in [6.45, 7) is 2.02. The monoisotopic (exact) mass is 421 g/mol. The van der Waals surface area contributed by atoms with Crippen molar-refractivity contribution in [2.24, 2.45) is 0 Å². The molecule has 4 aromatic rings. The first-order valence-corrected chi connectivity index (χ1v) is 11.0. The molecule has 32 heavy (non-hydrogen) atoms. The van der Waals surface area contributed by atoms with Crippen molar-refractivity contribution in [1.82, 2.24) is 4.90 Å². The van der Waals surface area contributed by atoms with Crippen LogP contribution in [0, 0.1) is 0 Å². The highest BCUT2D eigenvalue weighted by Gasteiger charge is 2.21. The normalized spacial score (nSPS) is 15.9. The van der Waals surface area contributed by atoms with Crippen LogP contribution in [0.3, 0.4) is 0 Å². The first kappa shape index (κ1) is 20.5. The minimum absolute atomic E-state index is 0.458. The van der Waals surface area contributed by atoms with Crippen LogP contribution in [-0.2, 0) is 13.2 Å². The number of aliphatic hydroxyl groups is 1. The van der Waals surface area contributed by atoms with Crippen LogP contribution in [0.15, 0.2) is 97.1 Å². The molecule has 0 spiro atoms. The third kappa shape index (κ3) is 4.45. The van der Waals surface area contributed by atoms with Gasteiger partial charge in [0.1, 0.15) is 12.4 Å². The zero-order valence-electron chi connectivity index (χ0n) is 18.2. The van der Waals surface area contributed by atoms with Crippen molar-refractivity contribution in [3.63, 3.8) is 0 Å². The molecule has 0 aromatic heterocycles. The van der Waals surface area contributed by atoms with Crippen molar-refractivity contribution in [3.8, 4) is 28.0 Å². The van der Waals surface area contributed by atoms with Gasteiger partial charge in [-0.1, -0.05) is 84.9 Å². The summed E-state index contributed by atoms with van der Waals surface area (Å²) in [5, 5.41) is 10.4. The van der Waals surface area contributed by atoms with E-state index in [1.54, 1.807) is 0 Å². The van der Waals surface area contributed by atoms with Gasteiger partial charge in [0.05, 0.1) is 6.10 Å². The van der Waals surface area contributed by atoms with Crippen LogP contribution in [-0.4, -0.2) is 23.6 Å². The van der Waals surface area contributed by atoms with E-state index in [0.717, 1.165) is 23.4 Å². The number of β-amino-alcohol motifs (C(OH)–C–C–N with tert-alkyl or cyclic N) is 1. The van der Waals surface area contributed by atoms with Crippen molar-refractivity contribution < 1.29 is 9.84 Å². The van der Waals surface area contributed by atoms with E-state index in [4.69, 9.17) is 4.74 Å². The zero-order valence-corrected chi connectivity index (χ0v) is 18.2. The number of benzene rings is 4. The molecule has 0 bridgehead atoms. The molecule has 4 aromatic carbocycles. The second kappa shape index (κ2) is 8.99. The van der Waals surface area contributed by atoms with E-state index in [0.29, 0.717) is 13.2 Å². The molecule has 3 heteroatoms. The third-order valence-electron chi connectivity index (χ3n) is 6.09. The van der Waals surface area contributed by atoms with Crippen molar-refractivity contribution >= 4 is 0 Å². The Morgan fingerprint density at radius 3 is 2.03 bits per heavy atom. The maximum atomic E-state index is 10.4. The van der Waals surface area contributed by atoms with Crippen LogP contribution in [0.1, 0.15) is 22.8 Å².